The van der Waals surface area contributed by atoms with Crippen molar-refractivity contribution < 1.29 is 0 Å². The van der Waals surface area contributed by atoms with Crippen LogP contribution < -0.4 is 10.6 Å². The predicted molar refractivity (Wildman–Crippen MR) is 106 cm³/mol. The van der Waals surface area contributed by atoms with Gasteiger partial charge in [-0.3, -0.25) is 4.90 Å². The van der Waals surface area contributed by atoms with Crippen LogP contribution in [0.15, 0.2) is 54.6 Å². The highest BCUT2D eigenvalue weighted by Crippen LogP contribution is 2.28. The zero-order chi connectivity index (χ0) is 17.9. The van der Waals surface area contributed by atoms with E-state index in [1.165, 1.54) is 5.56 Å². The first-order chi connectivity index (χ1) is 12.7. The zero-order valence-corrected chi connectivity index (χ0v) is 15.2. The van der Waals surface area contributed by atoms with Gasteiger partial charge in [-0.1, -0.05) is 54.6 Å². The Kier molecular flexibility index (Phi) is 4.82. The molecule has 4 rings (SSSR count). The summed E-state index contributed by atoms with van der Waals surface area (Å²) >= 11 is 0. The van der Waals surface area contributed by atoms with Gasteiger partial charge in [-0.15, -0.1) is 5.10 Å². The number of hydrogen-bond donors (Lipinski definition) is 1. The summed E-state index contributed by atoms with van der Waals surface area (Å²) in [4.78, 5) is 4.85. The number of fused-ring (bicyclic) bond motifs is 1. The van der Waals surface area contributed by atoms with Crippen molar-refractivity contribution in [3.05, 3.63) is 65.9 Å². The molecule has 0 saturated carbocycles. The second kappa shape index (κ2) is 7.40. The second-order valence-electron chi connectivity index (χ2n) is 6.99. The molecule has 2 heterocycles. The minimum absolute atomic E-state index is 0.121. The molecule has 0 spiro atoms. The SMILES string of the molecule is CC(N)c1nnc(N2CCN(Cc3ccccc3)CC2)c2ccccc12. The van der Waals surface area contributed by atoms with Crippen molar-refractivity contribution in [3.63, 3.8) is 0 Å². The summed E-state index contributed by atoms with van der Waals surface area (Å²) in [5, 5.41) is 11.2. The first-order valence-electron chi connectivity index (χ1n) is 9.24. The highest BCUT2D eigenvalue weighted by molar-refractivity contribution is 5.93. The molecule has 26 heavy (non-hydrogen) atoms. The van der Waals surface area contributed by atoms with Gasteiger partial charge in [-0.2, -0.15) is 5.10 Å². The number of nitrogens with zero attached hydrogens (tertiary/aromatic N) is 4. The number of rotatable bonds is 4. The molecule has 0 bridgehead atoms. The molecule has 1 fully saturated rings. The first kappa shape index (κ1) is 16.9. The van der Waals surface area contributed by atoms with Crippen molar-refractivity contribution in [2.75, 3.05) is 31.1 Å². The molecule has 3 aromatic rings. The molecule has 1 saturated heterocycles. The zero-order valence-electron chi connectivity index (χ0n) is 15.2. The summed E-state index contributed by atoms with van der Waals surface area (Å²) in [7, 11) is 0. The predicted octanol–water partition coefficient (Wildman–Crippen LogP) is 2.97. The fourth-order valence-electron chi connectivity index (χ4n) is 3.64. The molecule has 1 aliphatic heterocycles. The van der Waals surface area contributed by atoms with Crippen molar-refractivity contribution in [2.24, 2.45) is 5.73 Å². The van der Waals surface area contributed by atoms with E-state index in [1.54, 1.807) is 0 Å². The molecule has 5 nitrogen and oxygen atoms in total. The van der Waals surface area contributed by atoms with Crippen molar-refractivity contribution in [1.82, 2.24) is 15.1 Å². The number of nitrogens with two attached hydrogens (primary N) is 1. The molecule has 1 atom stereocenters. The second-order valence-corrected chi connectivity index (χ2v) is 6.99. The normalized spacial score (nSPS) is 16.8. The van der Waals surface area contributed by atoms with Gasteiger partial charge in [0.2, 0.25) is 0 Å². The molecule has 1 unspecified atom stereocenters. The summed E-state index contributed by atoms with van der Waals surface area (Å²) in [6.07, 6.45) is 0. The van der Waals surface area contributed by atoms with Crippen LogP contribution in [-0.2, 0) is 6.54 Å². The van der Waals surface area contributed by atoms with E-state index >= 15 is 0 Å². The van der Waals surface area contributed by atoms with Gasteiger partial charge in [-0.25, -0.2) is 0 Å². The number of anilines is 1. The van der Waals surface area contributed by atoms with Gasteiger partial charge in [0.1, 0.15) is 0 Å². The van der Waals surface area contributed by atoms with Crippen LogP contribution in [0, 0.1) is 0 Å². The van der Waals surface area contributed by atoms with E-state index in [0.717, 1.165) is 55.0 Å². The van der Waals surface area contributed by atoms with Crippen molar-refractivity contribution in [2.45, 2.75) is 19.5 Å². The fraction of sp³-hybridized carbons (Fsp3) is 0.333. The Hall–Kier alpha value is -2.50. The van der Waals surface area contributed by atoms with E-state index in [2.05, 4.69) is 68.5 Å². The third-order valence-electron chi connectivity index (χ3n) is 5.05. The summed E-state index contributed by atoms with van der Waals surface area (Å²) < 4.78 is 0. The Morgan fingerprint density at radius 2 is 1.54 bits per heavy atom. The van der Waals surface area contributed by atoms with Gasteiger partial charge >= 0.3 is 0 Å². The molecular weight excluding hydrogens is 322 g/mol. The molecule has 5 heteroatoms. The van der Waals surface area contributed by atoms with E-state index in [-0.39, 0.29) is 6.04 Å². The summed E-state index contributed by atoms with van der Waals surface area (Å²) in [5.41, 5.74) is 8.31. The Labute approximate surface area is 154 Å². The quantitative estimate of drug-likeness (QED) is 0.786. The Bertz CT molecular complexity index is 870. The van der Waals surface area contributed by atoms with Crippen LogP contribution in [-0.4, -0.2) is 41.3 Å². The number of aromatic nitrogens is 2. The lowest BCUT2D eigenvalue weighted by Gasteiger charge is -2.35. The average Bonchev–Trinajstić information content (AvgIpc) is 2.68. The third kappa shape index (κ3) is 3.41. The van der Waals surface area contributed by atoms with Crippen LogP contribution in [0.3, 0.4) is 0 Å². The van der Waals surface area contributed by atoms with E-state index in [1.807, 2.05) is 13.0 Å². The van der Waals surface area contributed by atoms with Gasteiger partial charge in [0.05, 0.1) is 5.69 Å². The van der Waals surface area contributed by atoms with E-state index in [0.29, 0.717) is 0 Å². The first-order valence-corrected chi connectivity index (χ1v) is 9.24. The number of piperazine rings is 1. The van der Waals surface area contributed by atoms with Crippen molar-refractivity contribution in [3.8, 4) is 0 Å². The highest BCUT2D eigenvalue weighted by atomic mass is 15.3. The lowest BCUT2D eigenvalue weighted by Crippen LogP contribution is -2.46. The maximum atomic E-state index is 6.08. The minimum atomic E-state index is -0.121. The molecule has 1 aromatic heterocycles. The molecular formula is C21H25N5. The molecule has 2 N–H and O–H groups in total. The van der Waals surface area contributed by atoms with Crippen LogP contribution in [0.1, 0.15) is 24.2 Å². The Balaban J connectivity index is 1.52. The van der Waals surface area contributed by atoms with Crippen LogP contribution >= 0.6 is 0 Å². The largest absolute Gasteiger partial charge is 0.352 e. The summed E-state index contributed by atoms with van der Waals surface area (Å²) in [5.74, 6) is 0.976. The topological polar surface area (TPSA) is 58.3 Å². The molecule has 1 aliphatic rings. The highest BCUT2D eigenvalue weighted by Gasteiger charge is 2.21. The summed E-state index contributed by atoms with van der Waals surface area (Å²) in [6.45, 7) is 6.94. The van der Waals surface area contributed by atoms with E-state index in [9.17, 15) is 0 Å². The molecule has 0 radical (unpaired) electrons. The smallest absolute Gasteiger partial charge is 0.159 e. The van der Waals surface area contributed by atoms with Crippen LogP contribution in [0.5, 0.6) is 0 Å². The van der Waals surface area contributed by atoms with Crippen LogP contribution in [0.2, 0.25) is 0 Å². The van der Waals surface area contributed by atoms with Gasteiger partial charge < -0.3 is 10.6 Å². The number of hydrogen-bond acceptors (Lipinski definition) is 5. The van der Waals surface area contributed by atoms with Gasteiger partial charge in [0, 0.05) is 49.5 Å². The van der Waals surface area contributed by atoms with Gasteiger partial charge in [-0.05, 0) is 12.5 Å². The molecule has 134 valence electrons. The standard InChI is InChI=1S/C21H25N5/c1-16(22)20-18-9-5-6-10-19(18)21(24-23-20)26-13-11-25(12-14-26)15-17-7-3-2-4-8-17/h2-10,16H,11-15,22H2,1H3. The van der Waals surface area contributed by atoms with Gasteiger partial charge in [0.15, 0.2) is 5.82 Å². The van der Waals surface area contributed by atoms with Crippen LogP contribution in [0.4, 0.5) is 5.82 Å². The fourth-order valence-corrected chi connectivity index (χ4v) is 3.64. The maximum absolute atomic E-state index is 6.08. The van der Waals surface area contributed by atoms with Crippen LogP contribution in [0.25, 0.3) is 10.8 Å². The maximum Gasteiger partial charge on any atom is 0.159 e. The minimum Gasteiger partial charge on any atom is -0.352 e. The van der Waals surface area contributed by atoms with E-state index in [4.69, 9.17) is 5.73 Å². The lowest BCUT2D eigenvalue weighted by atomic mass is 10.1. The Morgan fingerprint density at radius 3 is 2.23 bits per heavy atom. The Morgan fingerprint density at radius 1 is 0.885 bits per heavy atom. The van der Waals surface area contributed by atoms with E-state index < -0.39 is 0 Å². The van der Waals surface area contributed by atoms with Crippen molar-refractivity contribution in [1.29, 1.82) is 0 Å². The average molecular weight is 347 g/mol. The molecule has 0 aliphatic carbocycles. The van der Waals surface area contributed by atoms with Crippen molar-refractivity contribution >= 4 is 16.6 Å². The number of benzene rings is 2. The van der Waals surface area contributed by atoms with Gasteiger partial charge in [0.25, 0.3) is 0 Å². The third-order valence-corrected chi connectivity index (χ3v) is 5.05. The molecule has 0 amide bonds. The monoisotopic (exact) mass is 347 g/mol. The lowest BCUT2D eigenvalue weighted by molar-refractivity contribution is 0.249. The summed E-state index contributed by atoms with van der Waals surface area (Å²) in [6, 6.07) is 18.9. The molecule has 2 aromatic carbocycles.